The Hall–Kier alpha value is -0.830. The Morgan fingerprint density at radius 2 is 2.15 bits per heavy atom. The van der Waals surface area contributed by atoms with Crippen molar-refractivity contribution in [2.24, 2.45) is 7.05 Å². The number of piperidine rings is 1. The highest BCUT2D eigenvalue weighted by molar-refractivity contribution is 4.97. The minimum Gasteiger partial charge on any atom is -0.337 e. The van der Waals surface area contributed by atoms with E-state index in [-0.39, 0.29) is 0 Å². The van der Waals surface area contributed by atoms with Gasteiger partial charge in [-0.25, -0.2) is 4.98 Å². The van der Waals surface area contributed by atoms with Gasteiger partial charge < -0.3 is 4.57 Å². The average molecular weight is 178 g/mol. The minimum atomic E-state index is 1.05. The first kappa shape index (κ1) is 8.75. The third-order valence-electron chi connectivity index (χ3n) is 2.60. The van der Waals surface area contributed by atoms with Crippen LogP contribution >= 0.6 is 0 Å². The molecule has 1 aliphatic heterocycles. The summed E-state index contributed by atoms with van der Waals surface area (Å²) in [5.41, 5.74) is 1.31. The zero-order valence-corrected chi connectivity index (χ0v) is 8.11. The van der Waals surface area contributed by atoms with Crippen LogP contribution in [0.15, 0.2) is 12.5 Å². The van der Waals surface area contributed by atoms with Crippen molar-refractivity contribution >= 4 is 0 Å². The summed E-state index contributed by atoms with van der Waals surface area (Å²) in [6.45, 7) is 3.45. The van der Waals surface area contributed by atoms with Gasteiger partial charge in [0.05, 0.1) is 12.0 Å². The lowest BCUT2D eigenvalue weighted by Gasteiger charge is -2.25. The van der Waals surface area contributed by atoms with Crippen molar-refractivity contribution in [2.75, 3.05) is 13.1 Å². The van der Waals surface area contributed by atoms with Crippen LogP contribution in [0.5, 0.6) is 0 Å². The molecule has 1 fully saturated rings. The summed E-state index contributed by atoms with van der Waals surface area (Å²) in [5, 5.41) is 0. The summed E-state index contributed by atoms with van der Waals surface area (Å²) in [4.78, 5) is 6.60. The largest absolute Gasteiger partial charge is 0.337 e. The average Bonchev–Trinajstić information content (AvgIpc) is 2.54. The van der Waals surface area contributed by atoms with Crippen LogP contribution in [0.3, 0.4) is 0 Å². The quantitative estimate of drug-likeness (QED) is 0.679. The van der Waals surface area contributed by atoms with Gasteiger partial charge in [0.25, 0.3) is 0 Å². The third kappa shape index (κ3) is 2.10. The smallest absolute Gasteiger partial charge is 0.0945 e. The van der Waals surface area contributed by atoms with E-state index in [4.69, 9.17) is 0 Å². The summed E-state index contributed by atoms with van der Waals surface area (Å²) in [5.74, 6) is 0. The fraction of sp³-hybridized carbons (Fsp3) is 0.600. The van der Waals surface area contributed by atoms with Crippen LogP contribution in [-0.4, -0.2) is 27.5 Å². The van der Waals surface area contributed by atoms with E-state index in [1.54, 1.807) is 0 Å². The fourth-order valence-corrected chi connectivity index (χ4v) is 1.73. The monoisotopic (exact) mass is 178 g/mol. The van der Waals surface area contributed by atoms with Gasteiger partial charge in [0.15, 0.2) is 0 Å². The molecule has 1 saturated heterocycles. The number of rotatable bonds is 2. The van der Waals surface area contributed by atoms with E-state index < -0.39 is 0 Å². The summed E-state index contributed by atoms with van der Waals surface area (Å²) in [6.07, 6.45) is 8.67. The fourth-order valence-electron chi connectivity index (χ4n) is 1.73. The SMILES string of the molecule is Cn1cncc1CN1CC[CH]CC1. The molecule has 1 aromatic heterocycles. The lowest BCUT2D eigenvalue weighted by molar-refractivity contribution is 0.241. The first-order valence-electron chi connectivity index (χ1n) is 4.85. The molecule has 1 radical (unpaired) electrons. The van der Waals surface area contributed by atoms with E-state index in [0.717, 1.165) is 6.54 Å². The maximum atomic E-state index is 4.12. The predicted octanol–water partition coefficient (Wildman–Crippen LogP) is 1.22. The Kier molecular flexibility index (Phi) is 2.64. The molecule has 3 heteroatoms. The van der Waals surface area contributed by atoms with Gasteiger partial charge in [-0.2, -0.15) is 0 Å². The van der Waals surface area contributed by atoms with Crippen molar-refractivity contribution in [2.45, 2.75) is 19.4 Å². The molecule has 2 rings (SSSR count). The van der Waals surface area contributed by atoms with Gasteiger partial charge >= 0.3 is 0 Å². The Balaban J connectivity index is 1.93. The van der Waals surface area contributed by atoms with Gasteiger partial charge in [-0.3, -0.25) is 4.90 Å². The lowest BCUT2D eigenvalue weighted by atomic mass is 10.1. The number of likely N-dealkylation sites (tertiary alicyclic amines) is 1. The van der Waals surface area contributed by atoms with Gasteiger partial charge in [-0.05, 0) is 32.4 Å². The topological polar surface area (TPSA) is 21.1 Å². The predicted molar refractivity (Wildman–Crippen MR) is 52.0 cm³/mol. The van der Waals surface area contributed by atoms with E-state index in [0.29, 0.717) is 0 Å². The van der Waals surface area contributed by atoms with E-state index in [1.165, 1.54) is 31.6 Å². The van der Waals surface area contributed by atoms with Gasteiger partial charge in [-0.1, -0.05) is 0 Å². The minimum absolute atomic E-state index is 1.05. The standard InChI is InChI=1S/C10H16N3/c1-12-9-11-7-10(12)8-13-5-3-2-4-6-13/h2,7,9H,3-6,8H2,1H3. The van der Waals surface area contributed by atoms with Crippen LogP contribution in [0.25, 0.3) is 0 Å². The molecule has 2 heterocycles. The molecule has 0 amide bonds. The molecule has 0 saturated carbocycles. The zero-order valence-electron chi connectivity index (χ0n) is 8.11. The van der Waals surface area contributed by atoms with Crippen molar-refractivity contribution < 1.29 is 0 Å². The van der Waals surface area contributed by atoms with Gasteiger partial charge in [-0.15, -0.1) is 0 Å². The molecule has 13 heavy (non-hydrogen) atoms. The highest BCUT2D eigenvalue weighted by Crippen LogP contribution is 2.11. The number of hydrogen-bond donors (Lipinski definition) is 0. The van der Waals surface area contributed by atoms with Crippen molar-refractivity contribution in [1.82, 2.24) is 14.5 Å². The second-order valence-electron chi connectivity index (χ2n) is 3.64. The molecular formula is C10H16N3. The Morgan fingerprint density at radius 3 is 2.77 bits per heavy atom. The van der Waals surface area contributed by atoms with E-state index in [9.17, 15) is 0 Å². The zero-order chi connectivity index (χ0) is 9.10. The van der Waals surface area contributed by atoms with E-state index in [2.05, 4.69) is 27.9 Å². The molecule has 0 bridgehead atoms. The van der Waals surface area contributed by atoms with Gasteiger partial charge in [0, 0.05) is 19.8 Å². The Labute approximate surface area is 79.4 Å². The maximum absolute atomic E-state index is 4.12. The number of aryl methyl sites for hydroxylation is 1. The summed E-state index contributed by atoms with van der Waals surface area (Å²) < 4.78 is 2.10. The van der Waals surface area contributed by atoms with Crippen LogP contribution in [-0.2, 0) is 13.6 Å². The molecule has 1 aromatic rings. The van der Waals surface area contributed by atoms with Crippen LogP contribution in [0.4, 0.5) is 0 Å². The molecule has 0 aromatic carbocycles. The summed E-state index contributed by atoms with van der Waals surface area (Å²) >= 11 is 0. The molecule has 0 aliphatic carbocycles. The number of imidazole rings is 1. The Morgan fingerprint density at radius 1 is 1.38 bits per heavy atom. The highest BCUT2D eigenvalue weighted by atomic mass is 15.2. The molecular weight excluding hydrogens is 162 g/mol. The lowest BCUT2D eigenvalue weighted by Crippen LogP contribution is -2.30. The van der Waals surface area contributed by atoms with Crippen molar-refractivity contribution in [1.29, 1.82) is 0 Å². The van der Waals surface area contributed by atoms with Crippen LogP contribution in [0.2, 0.25) is 0 Å². The normalized spacial score (nSPS) is 19.2. The van der Waals surface area contributed by atoms with Crippen molar-refractivity contribution in [3.05, 3.63) is 24.6 Å². The second-order valence-corrected chi connectivity index (χ2v) is 3.64. The van der Waals surface area contributed by atoms with E-state index >= 15 is 0 Å². The first-order chi connectivity index (χ1) is 6.36. The second kappa shape index (κ2) is 3.92. The molecule has 3 nitrogen and oxygen atoms in total. The summed E-state index contributed by atoms with van der Waals surface area (Å²) in [7, 11) is 2.05. The third-order valence-corrected chi connectivity index (χ3v) is 2.60. The maximum Gasteiger partial charge on any atom is 0.0945 e. The van der Waals surface area contributed by atoms with Gasteiger partial charge in [0.2, 0.25) is 0 Å². The Bertz CT molecular complexity index is 261. The van der Waals surface area contributed by atoms with Crippen LogP contribution in [0, 0.1) is 6.42 Å². The molecule has 0 spiro atoms. The number of aromatic nitrogens is 2. The van der Waals surface area contributed by atoms with Crippen molar-refractivity contribution in [3.63, 3.8) is 0 Å². The van der Waals surface area contributed by atoms with Crippen LogP contribution in [0.1, 0.15) is 18.5 Å². The molecule has 0 unspecified atom stereocenters. The van der Waals surface area contributed by atoms with E-state index in [1.807, 2.05) is 12.5 Å². The molecule has 0 atom stereocenters. The highest BCUT2D eigenvalue weighted by Gasteiger charge is 2.11. The molecule has 71 valence electrons. The van der Waals surface area contributed by atoms with Crippen molar-refractivity contribution in [3.8, 4) is 0 Å². The first-order valence-corrected chi connectivity index (χ1v) is 4.85. The van der Waals surface area contributed by atoms with Crippen LogP contribution < -0.4 is 0 Å². The van der Waals surface area contributed by atoms with Gasteiger partial charge in [0.1, 0.15) is 0 Å². The number of nitrogens with zero attached hydrogens (tertiary/aromatic N) is 3. The molecule has 1 aliphatic rings. The molecule has 0 N–H and O–H groups in total. The summed E-state index contributed by atoms with van der Waals surface area (Å²) in [6, 6.07) is 0. The number of hydrogen-bond acceptors (Lipinski definition) is 2.